The van der Waals surface area contributed by atoms with E-state index in [0.717, 1.165) is 0 Å². The predicted octanol–water partition coefficient (Wildman–Crippen LogP) is -0.0339. The molecule has 6 heteroatoms. The van der Waals surface area contributed by atoms with Crippen molar-refractivity contribution in [3.05, 3.63) is 29.8 Å². The highest BCUT2D eigenvalue weighted by molar-refractivity contribution is 5.99. The number of amides is 1. The minimum Gasteiger partial charge on any atom is -0.550 e. The van der Waals surface area contributed by atoms with Gasteiger partial charge in [-0.05, 0) is 31.2 Å². The van der Waals surface area contributed by atoms with Crippen LogP contribution in [-0.2, 0) is 14.3 Å². The molecule has 0 spiro atoms. The van der Waals surface area contributed by atoms with Gasteiger partial charge in [0.1, 0.15) is 0 Å². The van der Waals surface area contributed by atoms with Gasteiger partial charge >= 0.3 is 5.97 Å². The molecule has 0 aliphatic carbocycles. The van der Waals surface area contributed by atoms with Gasteiger partial charge in [-0.3, -0.25) is 4.79 Å². The highest BCUT2D eigenvalue weighted by Crippen LogP contribution is 2.25. The van der Waals surface area contributed by atoms with Crippen LogP contribution in [0.1, 0.15) is 23.7 Å². The molecule has 0 aromatic heterocycles. The number of benzene rings is 1. The largest absolute Gasteiger partial charge is 0.550 e. The van der Waals surface area contributed by atoms with Crippen LogP contribution in [0, 0.1) is 5.92 Å². The third-order valence-electron chi connectivity index (χ3n) is 3.15. The summed E-state index contributed by atoms with van der Waals surface area (Å²) in [6.45, 7) is 2.10. The quantitative estimate of drug-likeness (QED) is 0.720. The second-order valence-electron chi connectivity index (χ2n) is 4.49. The average molecular weight is 276 g/mol. The molecule has 1 aromatic carbocycles. The van der Waals surface area contributed by atoms with Gasteiger partial charge in [0.2, 0.25) is 5.91 Å². The Balaban J connectivity index is 2.12. The Morgan fingerprint density at radius 3 is 2.50 bits per heavy atom. The van der Waals surface area contributed by atoms with Crippen molar-refractivity contribution in [2.24, 2.45) is 5.92 Å². The number of rotatable bonds is 4. The van der Waals surface area contributed by atoms with Crippen molar-refractivity contribution >= 4 is 23.5 Å². The Morgan fingerprint density at radius 2 is 2.00 bits per heavy atom. The lowest BCUT2D eigenvalue weighted by Crippen LogP contribution is -2.33. The fourth-order valence-corrected chi connectivity index (χ4v) is 2.11. The zero-order valence-electron chi connectivity index (χ0n) is 11.0. The van der Waals surface area contributed by atoms with E-state index in [1.807, 2.05) is 0 Å². The Bertz CT molecular complexity index is 537. The first-order valence-electron chi connectivity index (χ1n) is 6.31. The van der Waals surface area contributed by atoms with Crippen molar-refractivity contribution in [3.63, 3.8) is 0 Å². The molecule has 20 heavy (non-hydrogen) atoms. The van der Waals surface area contributed by atoms with E-state index in [0.29, 0.717) is 17.9 Å². The van der Waals surface area contributed by atoms with Crippen LogP contribution < -0.4 is 10.0 Å². The molecule has 1 aromatic rings. The van der Waals surface area contributed by atoms with E-state index < -0.39 is 17.9 Å². The van der Waals surface area contributed by atoms with Crippen LogP contribution in [0.5, 0.6) is 0 Å². The van der Waals surface area contributed by atoms with Crippen molar-refractivity contribution in [2.45, 2.75) is 13.3 Å². The van der Waals surface area contributed by atoms with Crippen LogP contribution in [-0.4, -0.2) is 31.0 Å². The van der Waals surface area contributed by atoms with Gasteiger partial charge in [0.15, 0.2) is 0 Å². The summed E-state index contributed by atoms with van der Waals surface area (Å²) < 4.78 is 4.86. The van der Waals surface area contributed by atoms with Gasteiger partial charge in [0, 0.05) is 30.5 Å². The van der Waals surface area contributed by atoms with Gasteiger partial charge in [0.25, 0.3) is 0 Å². The lowest BCUT2D eigenvalue weighted by molar-refractivity contribution is -0.310. The number of carbonyl (C=O) groups is 3. The van der Waals surface area contributed by atoms with E-state index >= 15 is 0 Å². The molecular formula is C14H14NO5-. The van der Waals surface area contributed by atoms with E-state index in [-0.39, 0.29) is 18.9 Å². The topological polar surface area (TPSA) is 86.7 Å². The molecule has 2 rings (SSSR count). The first-order chi connectivity index (χ1) is 9.52. The van der Waals surface area contributed by atoms with Crippen molar-refractivity contribution in [2.75, 3.05) is 18.1 Å². The zero-order valence-corrected chi connectivity index (χ0v) is 11.0. The van der Waals surface area contributed by atoms with E-state index in [4.69, 9.17) is 4.74 Å². The fourth-order valence-electron chi connectivity index (χ4n) is 2.11. The zero-order chi connectivity index (χ0) is 14.7. The van der Waals surface area contributed by atoms with E-state index in [1.54, 1.807) is 31.2 Å². The standard InChI is InChI=1S/C14H15NO5/c1-2-20-14(19)9-3-5-11(6-4-9)15-8-10(13(17)18)7-12(15)16/h3-6,10H,2,7-8H2,1H3,(H,17,18)/p-1/t10-/m0/s1. The minimum absolute atomic E-state index is 0.0536. The van der Waals surface area contributed by atoms with E-state index in [9.17, 15) is 19.5 Å². The van der Waals surface area contributed by atoms with Gasteiger partial charge in [0.05, 0.1) is 12.2 Å². The van der Waals surface area contributed by atoms with Crippen molar-refractivity contribution < 1.29 is 24.2 Å². The lowest BCUT2D eigenvalue weighted by atomic mass is 10.1. The maximum absolute atomic E-state index is 11.8. The van der Waals surface area contributed by atoms with Crippen LogP contribution in [0.4, 0.5) is 5.69 Å². The third kappa shape index (κ3) is 2.79. The number of nitrogens with zero attached hydrogens (tertiary/aromatic N) is 1. The molecule has 0 radical (unpaired) electrons. The van der Waals surface area contributed by atoms with Crippen LogP contribution in [0.25, 0.3) is 0 Å². The summed E-state index contributed by atoms with van der Waals surface area (Å²) in [7, 11) is 0. The van der Waals surface area contributed by atoms with Gasteiger partial charge in [-0.1, -0.05) is 0 Å². The Morgan fingerprint density at radius 1 is 1.35 bits per heavy atom. The molecule has 1 saturated heterocycles. The van der Waals surface area contributed by atoms with E-state index in [2.05, 4.69) is 0 Å². The van der Waals surface area contributed by atoms with Gasteiger partial charge in [-0.25, -0.2) is 4.79 Å². The normalized spacial score (nSPS) is 18.1. The number of hydrogen-bond acceptors (Lipinski definition) is 5. The van der Waals surface area contributed by atoms with Crippen LogP contribution in [0.3, 0.4) is 0 Å². The van der Waals surface area contributed by atoms with Crippen LogP contribution in [0.15, 0.2) is 24.3 Å². The first kappa shape index (κ1) is 14.0. The lowest BCUT2D eigenvalue weighted by Gasteiger charge is -2.17. The smallest absolute Gasteiger partial charge is 0.338 e. The summed E-state index contributed by atoms with van der Waals surface area (Å²) in [5.41, 5.74) is 0.950. The number of aliphatic carboxylic acids is 1. The molecule has 1 fully saturated rings. The molecule has 106 valence electrons. The highest BCUT2D eigenvalue weighted by Gasteiger charge is 2.31. The first-order valence-corrected chi connectivity index (χ1v) is 6.31. The molecule has 6 nitrogen and oxygen atoms in total. The molecule has 1 aliphatic heterocycles. The Labute approximate surface area is 115 Å². The monoisotopic (exact) mass is 276 g/mol. The van der Waals surface area contributed by atoms with Crippen molar-refractivity contribution in [1.29, 1.82) is 0 Å². The Kier molecular flexibility index (Phi) is 4.02. The minimum atomic E-state index is -1.22. The summed E-state index contributed by atoms with van der Waals surface area (Å²) >= 11 is 0. The second kappa shape index (κ2) is 5.73. The third-order valence-corrected chi connectivity index (χ3v) is 3.15. The number of carbonyl (C=O) groups excluding carboxylic acids is 3. The maximum Gasteiger partial charge on any atom is 0.338 e. The molecule has 0 bridgehead atoms. The summed E-state index contributed by atoms with van der Waals surface area (Å²) in [6.07, 6.45) is -0.0536. The number of anilines is 1. The molecule has 0 unspecified atom stereocenters. The van der Waals surface area contributed by atoms with Gasteiger partial charge in [-0.2, -0.15) is 0 Å². The maximum atomic E-state index is 11.8. The van der Waals surface area contributed by atoms with Crippen molar-refractivity contribution in [1.82, 2.24) is 0 Å². The summed E-state index contributed by atoms with van der Waals surface area (Å²) in [5, 5.41) is 10.8. The number of hydrogen-bond donors (Lipinski definition) is 0. The molecule has 1 heterocycles. The van der Waals surface area contributed by atoms with Crippen molar-refractivity contribution in [3.8, 4) is 0 Å². The number of carboxylic acids is 1. The molecule has 0 N–H and O–H groups in total. The van der Waals surface area contributed by atoms with Crippen LogP contribution in [0.2, 0.25) is 0 Å². The number of carboxylic acid groups (broad SMARTS) is 1. The molecule has 1 aliphatic rings. The predicted molar refractivity (Wildman–Crippen MR) is 67.9 cm³/mol. The number of esters is 1. The SMILES string of the molecule is CCOC(=O)c1ccc(N2C[C@@H](C(=O)[O-])CC2=O)cc1. The highest BCUT2D eigenvalue weighted by atomic mass is 16.5. The van der Waals surface area contributed by atoms with E-state index in [1.165, 1.54) is 4.90 Å². The van der Waals surface area contributed by atoms with Gasteiger partial charge < -0.3 is 19.5 Å². The molecular weight excluding hydrogens is 262 g/mol. The average Bonchev–Trinajstić information content (AvgIpc) is 2.81. The number of ether oxygens (including phenoxy) is 1. The summed E-state index contributed by atoms with van der Waals surface area (Å²) in [5.74, 6) is -2.70. The molecule has 0 saturated carbocycles. The Hall–Kier alpha value is -2.37. The van der Waals surface area contributed by atoms with Crippen LogP contribution >= 0.6 is 0 Å². The summed E-state index contributed by atoms with van der Waals surface area (Å²) in [4.78, 5) is 35.4. The molecule has 1 amide bonds. The van der Waals surface area contributed by atoms with Gasteiger partial charge in [-0.15, -0.1) is 0 Å². The second-order valence-corrected chi connectivity index (χ2v) is 4.49. The summed E-state index contributed by atoms with van der Waals surface area (Å²) in [6, 6.07) is 6.30. The molecule has 1 atom stereocenters. The fraction of sp³-hybridized carbons (Fsp3) is 0.357.